The van der Waals surface area contributed by atoms with Crippen LogP contribution in [0.4, 0.5) is 0 Å². The molecule has 21 heavy (non-hydrogen) atoms. The van der Waals surface area contributed by atoms with Gasteiger partial charge in [0.25, 0.3) is 0 Å². The Morgan fingerprint density at radius 2 is 2.10 bits per heavy atom. The van der Waals surface area contributed by atoms with Crippen LogP contribution in [0.15, 0.2) is 18.2 Å². The van der Waals surface area contributed by atoms with Crippen LogP contribution in [0, 0.1) is 13.8 Å². The smallest absolute Gasteiger partial charge is 0.140 e. The molecule has 0 saturated carbocycles. The van der Waals surface area contributed by atoms with E-state index in [-0.39, 0.29) is 0 Å². The molecule has 1 heterocycles. The topological polar surface area (TPSA) is 34.1 Å². The molecule has 0 spiro atoms. The highest BCUT2D eigenvalue weighted by Gasteiger charge is 2.07. The van der Waals surface area contributed by atoms with Gasteiger partial charge in [-0.05, 0) is 31.5 Å². The monoisotopic (exact) mass is 324 g/mol. The van der Waals surface area contributed by atoms with Crippen molar-refractivity contribution in [3.8, 4) is 5.75 Å². The molecule has 5 heteroatoms. The summed E-state index contributed by atoms with van der Waals surface area (Å²) in [7, 11) is 0. The standard InChI is InChI=1S/C16H21ClN2OS/c1-10(2)18-8-13-5-6-15(14(17)7-13)20-9-16-19-11(3)12(4)21-16/h5-7,10,18H,8-9H2,1-4H3. The Kier molecular flexibility index (Phi) is 5.62. The zero-order chi connectivity index (χ0) is 15.4. The minimum absolute atomic E-state index is 0.455. The summed E-state index contributed by atoms with van der Waals surface area (Å²) < 4.78 is 5.77. The second kappa shape index (κ2) is 7.25. The van der Waals surface area contributed by atoms with E-state index in [1.807, 2.05) is 25.1 Å². The van der Waals surface area contributed by atoms with Gasteiger partial charge in [-0.2, -0.15) is 0 Å². The first-order chi connectivity index (χ1) is 9.95. The molecule has 2 aromatic rings. The molecule has 0 unspecified atom stereocenters. The lowest BCUT2D eigenvalue weighted by molar-refractivity contribution is 0.305. The highest BCUT2D eigenvalue weighted by Crippen LogP contribution is 2.27. The van der Waals surface area contributed by atoms with Gasteiger partial charge in [0, 0.05) is 17.5 Å². The zero-order valence-corrected chi connectivity index (χ0v) is 14.4. The van der Waals surface area contributed by atoms with Crippen LogP contribution in [0.1, 0.15) is 35.0 Å². The van der Waals surface area contributed by atoms with Gasteiger partial charge in [0.15, 0.2) is 0 Å². The van der Waals surface area contributed by atoms with Crippen molar-refractivity contribution in [1.82, 2.24) is 10.3 Å². The van der Waals surface area contributed by atoms with Crippen LogP contribution >= 0.6 is 22.9 Å². The highest BCUT2D eigenvalue weighted by atomic mass is 35.5. The number of ether oxygens (including phenoxy) is 1. The van der Waals surface area contributed by atoms with Gasteiger partial charge in [-0.15, -0.1) is 11.3 Å². The molecular weight excluding hydrogens is 304 g/mol. The summed E-state index contributed by atoms with van der Waals surface area (Å²) in [6, 6.07) is 6.36. The predicted octanol–water partition coefficient (Wildman–Crippen LogP) is 4.49. The third kappa shape index (κ3) is 4.70. The quantitative estimate of drug-likeness (QED) is 0.850. The molecule has 1 aromatic carbocycles. The van der Waals surface area contributed by atoms with Crippen LogP contribution in [0.2, 0.25) is 5.02 Å². The van der Waals surface area contributed by atoms with E-state index < -0.39 is 0 Å². The van der Waals surface area contributed by atoms with Gasteiger partial charge in [-0.3, -0.25) is 0 Å². The maximum absolute atomic E-state index is 6.28. The molecule has 114 valence electrons. The Hall–Kier alpha value is -1.10. The molecule has 0 aliphatic rings. The molecule has 0 fully saturated rings. The molecule has 0 aliphatic heterocycles. The maximum atomic E-state index is 6.28. The summed E-state index contributed by atoms with van der Waals surface area (Å²) in [5.41, 5.74) is 2.22. The fraction of sp³-hybridized carbons (Fsp3) is 0.438. The van der Waals surface area contributed by atoms with Crippen molar-refractivity contribution in [3.05, 3.63) is 44.4 Å². The molecule has 0 radical (unpaired) electrons. The fourth-order valence-corrected chi connectivity index (χ4v) is 2.94. The van der Waals surface area contributed by atoms with E-state index in [0.29, 0.717) is 23.4 Å². The average Bonchev–Trinajstić information content (AvgIpc) is 2.74. The van der Waals surface area contributed by atoms with Gasteiger partial charge in [-0.1, -0.05) is 31.5 Å². The molecule has 0 bridgehead atoms. The number of halogens is 1. The second-order valence-electron chi connectivity index (χ2n) is 5.34. The van der Waals surface area contributed by atoms with Crippen molar-refractivity contribution < 1.29 is 4.74 Å². The first-order valence-electron chi connectivity index (χ1n) is 7.03. The Morgan fingerprint density at radius 1 is 1.33 bits per heavy atom. The number of hydrogen-bond acceptors (Lipinski definition) is 4. The lowest BCUT2D eigenvalue weighted by Gasteiger charge is -2.11. The fourth-order valence-electron chi connectivity index (χ4n) is 1.83. The molecular formula is C16H21ClN2OS. The molecule has 0 aliphatic carbocycles. The van der Waals surface area contributed by atoms with E-state index in [1.54, 1.807) is 11.3 Å². The molecule has 1 aromatic heterocycles. The SMILES string of the molecule is Cc1nc(COc2ccc(CNC(C)C)cc2Cl)sc1C. The third-order valence-corrected chi connectivity index (χ3v) is 4.48. The predicted molar refractivity (Wildman–Crippen MR) is 89.3 cm³/mol. The first kappa shape index (κ1) is 16.3. The van der Waals surface area contributed by atoms with Crippen molar-refractivity contribution in [2.24, 2.45) is 0 Å². The minimum atomic E-state index is 0.455. The van der Waals surface area contributed by atoms with Crippen molar-refractivity contribution in [1.29, 1.82) is 0 Å². The Balaban J connectivity index is 1.97. The number of nitrogens with zero attached hydrogens (tertiary/aromatic N) is 1. The van der Waals surface area contributed by atoms with Crippen LogP contribution in [0.5, 0.6) is 5.75 Å². The lowest BCUT2D eigenvalue weighted by Crippen LogP contribution is -2.21. The number of thiazole rings is 1. The van der Waals surface area contributed by atoms with Gasteiger partial charge in [0.05, 0.1) is 10.7 Å². The normalized spacial score (nSPS) is 11.1. The number of hydrogen-bond donors (Lipinski definition) is 1. The van der Waals surface area contributed by atoms with E-state index in [0.717, 1.165) is 22.8 Å². The van der Waals surface area contributed by atoms with Crippen molar-refractivity contribution in [2.45, 2.75) is 46.9 Å². The van der Waals surface area contributed by atoms with Gasteiger partial charge < -0.3 is 10.1 Å². The van der Waals surface area contributed by atoms with Crippen LogP contribution in [0.25, 0.3) is 0 Å². The third-order valence-electron chi connectivity index (χ3n) is 3.13. The summed E-state index contributed by atoms with van der Waals surface area (Å²) in [6.45, 7) is 9.60. The minimum Gasteiger partial charge on any atom is -0.485 e. The second-order valence-corrected chi connectivity index (χ2v) is 7.03. The first-order valence-corrected chi connectivity index (χ1v) is 8.22. The van der Waals surface area contributed by atoms with E-state index in [4.69, 9.17) is 16.3 Å². The van der Waals surface area contributed by atoms with Crippen LogP contribution < -0.4 is 10.1 Å². The number of aryl methyl sites for hydroxylation is 2. The van der Waals surface area contributed by atoms with Crippen molar-refractivity contribution >= 4 is 22.9 Å². The molecule has 1 N–H and O–H groups in total. The van der Waals surface area contributed by atoms with Crippen molar-refractivity contribution in [3.63, 3.8) is 0 Å². The van der Waals surface area contributed by atoms with Crippen molar-refractivity contribution in [2.75, 3.05) is 0 Å². The molecule has 3 nitrogen and oxygen atoms in total. The summed E-state index contributed by atoms with van der Waals surface area (Å²) in [6.07, 6.45) is 0. The average molecular weight is 325 g/mol. The summed E-state index contributed by atoms with van der Waals surface area (Å²) in [5.74, 6) is 0.704. The van der Waals surface area contributed by atoms with Crippen LogP contribution in [-0.2, 0) is 13.2 Å². The van der Waals surface area contributed by atoms with E-state index in [1.165, 1.54) is 4.88 Å². The Bertz CT molecular complexity index is 591. The number of benzene rings is 1. The Labute approximate surface area is 135 Å². The van der Waals surface area contributed by atoms with Crippen LogP contribution in [-0.4, -0.2) is 11.0 Å². The number of aromatic nitrogens is 1. The summed E-state index contributed by atoms with van der Waals surface area (Å²) in [4.78, 5) is 5.69. The lowest BCUT2D eigenvalue weighted by atomic mass is 10.2. The van der Waals surface area contributed by atoms with Gasteiger partial charge in [0.2, 0.25) is 0 Å². The van der Waals surface area contributed by atoms with Gasteiger partial charge >= 0.3 is 0 Å². The molecule has 0 atom stereocenters. The van der Waals surface area contributed by atoms with E-state index in [9.17, 15) is 0 Å². The van der Waals surface area contributed by atoms with E-state index >= 15 is 0 Å². The summed E-state index contributed by atoms with van der Waals surface area (Å²) >= 11 is 7.94. The van der Waals surface area contributed by atoms with Crippen LogP contribution in [0.3, 0.4) is 0 Å². The zero-order valence-electron chi connectivity index (χ0n) is 12.9. The maximum Gasteiger partial charge on any atom is 0.140 e. The largest absolute Gasteiger partial charge is 0.485 e. The Morgan fingerprint density at radius 3 is 2.67 bits per heavy atom. The summed E-state index contributed by atoms with van der Waals surface area (Å²) in [5, 5.41) is 4.99. The number of nitrogens with one attached hydrogen (secondary N) is 1. The molecule has 2 rings (SSSR count). The molecule has 0 saturated heterocycles. The van der Waals surface area contributed by atoms with E-state index in [2.05, 4.69) is 31.1 Å². The highest BCUT2D eigenvalue weighted by molar-refractivity contribution is 7.11. The number of rotatable bonds is 6. The molecule has 0 amide bonds. The van der Waals surface area contributed by atoms with Gasteiger partial charge in [0.1, 0.15) is 17.4 Å². The van der Waals surface area contributed by atoms with Gasteiger partial charge in [-0.25, -0.2) is 4.98 Å².